The number of nitrogens with one attached hydrogen (secondary N) is 3. The number of ether oxygens (including phenoxy) is 1. The van der Waals surface area contributed by atoms with E-state index in [1.54, 1.807) is 6.07 Å². The molecule has 2 rings (SSSR count). The van der Waals surface area contributed by atoms with Crippen LogP contribution in [0.3, 0.4) is 0 Å². The van der Waals surface area contributed by atoms with Gasteiger partial charge >= 0.3 is 0 Å². The van der Waals surface area contributed by atoms with Crippen LogP contribution >= 0.6 is 12.2 Å². The van der Waals surface area contributed by atoms with Crippen molar-refractivity contribution in [1.82, 2.24) is 10.9 Å². The Morgan fingerprint density at radius 2 is 1.83 bits per heavy atom. The van der Waals surface area contributed by atoms with E-state index >= 15 is 0 Å². The van der Waals surface area contributed by atoms with Crippen LogP contribution in [0.2, 0.25) is 0 Å². The fraction of sp³-hybridized carbons (Fsp3) is 0.0667. The summed E-state index contributed by atoms with van der Waals surface area (Å²) in [5, 5.41) is 2.57. The molecule has 2 aromatic rings. The number of para-hydroxylation sites is 1. The molecular formula is C15H13F2N3O2S. The molecule has 0 unspecified atom stereocenters. The van der Waals surface area contributed by atoms with Gasteiger partial charge in [0.05, 0.1) is 12.8 Å². The van der Waals surface area contributed by atoms with Gasteiger partial charge < -0.3 is 10.1 Å². The summed E-state index contributed by atoms with van der Waals surface area (Å²) in [6.45, 7) is 0. The molecule has 0 bridgehead atoms. The monoisotopic (exact) mass is 337 g/mol. The van der Waals surface area contributed by atoms with Crippen LogP contribution in [0.5, 0.6) is 5.75 Å². The SMILES string of the molecule is COc1ccc(C(=O)NNC(=S)Nc2ccccc2F)cc1F. The number of hydrogen-bond donors (Lipinski definition) is 3. The minimum absolute atomic E-state index is 0.0163. The number of methoxy groups -OCH3 is 1. The molecule has 0 aliphatic rings. The molecule has 0 heterocycles. The maximum atomic E-state index is 13.5. The van der Waals surface area contributed by atoms with E-state index in [2.05, 4.69) is 16.2 Å². The van der Waals surface area contributed by atoms with Gasteiger partial charge in [-0.05, 0) is 42.5 Å². The standard InChI is InChI=1S/C15H13F2N3O2S/c1-22-13-7-6-9(8-11(13)17)14(21)19-20-15(23)18-12-5-3-2-4-10(12)16/h2-8H,1H3,(H,19,21)(H2,18,20,23). The van der Waals surface area contributed by atoms with Gasteiger partial charge in [0.2, 0.25) is 0 Å². The van der Waals surface area contributed by atoms with Gasteiger partial charge in [-0.3, -0.25) is 15.6 Å². The van der Waals surface area contributed by atoms with Crippen LogP contribution in [0.25, 0.3) is 0 Å². The molecule has 1 amide bonds. The molecule has 8 heteroatoms. The lowest BCUT2D eigenvalue weighted by Gasteiger charge is -2.12. The highest BCUT2D eigenvalue weighted by atomic mass is 32.1. The summed E-state index contributed by atoms with van der Waals surface area (Å²) < 4.78 is 31.7. The van der Waals surface area contributed by atoms with Gasteiger partial charge in [-0.1, -0.05) is 12.1 Å². The van der Waals surface area contributed by atoms with E-state index in [4.69, 9.17) is 17.0 Å². The zero-order valence-corrected chi connectivity index (χ0v) is 12.8. The average Bonchev–Trinajstić information content (AvgIpc) is 2.54. The van der Waals surface area contributed by atoms with Crippen LogP contribution in [0.15, 0.2) is 42.5 Å². The van der Waals surface area contributed by atoms with Crippen LogP contribution in [-0.4, -0.2) is 18.1 Å². The van der Waals surface area contributed by atoms with Gasteiger partial charge in [0.25, 0.3) is 5.91 Å². The van der Waals surface area contributed by atoms with Crippen molar-refractivity contribution in [3.05, 3.63) is 59.7 Å². The predicted octanol–water partition coefficient (Wildman–Crippen LogP) is 2.60. The molecule has 0 aromatic heterocycles. The number of hydrogen-bond acceptors (Lipinski definition) is 3. The molecule has 0 aliphatic carbocycles. The van der Waals surface area contributed by atoms with Crippen molar-refractivity contribution in [2.45, 2.75) is 0 Å². The summed E-state index contributed by atoms with van der Waals surface area (Å²) in [6.07, 6.45) is 0. The van der Waals surface area contributed by atoms with E-state index in [0.29, 0.717) is 0 Å². The second kappa shape index (κ2) is 7.50. The van der Waals surface area contributed by atoms with E-state index in [-0.39, 0.29) is 22.1 Å². The van der Waals surface area contributed by atoms with Gasteiger partial charge in [-0.15, -0.1) is 0 Å². The first kappa shape index (κ1) is 16.6. The van der Waals surface area contributed by atoms with Crippen molar-refractivity contribution in [3.63, 3.8) is 0 Å². The Kier molecular flexibility index (Phi) is 5.42. The van der Waals surface area contributed by atoms with Crippen LogP contribution < -0.4 is 20.9 Å². The van der Waals surface area contributed by atoms with Gasteiger partial charge in [0.1, 0.15) is 5.82 Å². The zero-order valence-electron chi connectivity index (χ0n) is 12.0. The molecule has 23 heavy (non-hydrogen) atoms. The predicted molar refractivity (Wildman–Crippen MR) is 86.2 cm³/mol. The Bertz CT molecular complexity index is 740. The highest BCUT2D eigenvalue weighted by Gasteiger charge is 2.10. The summed E-state index contributed by atoms with van der Waals surface area (Å²) in [5.74, 6) is -1.72. The number of rotatable bonds is 3. The number of thiocarbonyl (C=S) groups is 1. The summed E-state index contributed by atoms with van der Waals surface area (Å²) in [6, 6.07) is 9.69. The third-order valence-corrected chi connectivity index (χ3v) is 3.03. The lowest BCUT2D eigenvalue weighted by atomic mass is 10.2. The van der Waals surface area contributed by atoms with Crippen LogP contribution in [0.1, 0.15) is 10.4 Å². The van der Waals surface area contributed by atoms with Crippen molar-refractivity contribution >= 4 is 28.9 Å². The lowest BCUT2D eigenvalue weighted by molar-refractivity contribution is 0.0943. The van der Waals surface area contributed by atoms with E-state index in [9.17, 15) is 13.6 Å². The van der Waals surface area contributed by atoms with Crippen LogP contribution in [0, 0.1) is 11.6 Å². The highest BCUT2D eigenvalue weighted by Crippen LogP contribution is 2.17. The normalized spacial score (nSPS) is 9.87. The Morgan fingerprint density at radius 3 is 2.48 bits per heavy atom. The summed E-state index contributed by atoms with van der Waals surface area (Å²) in [7, 11) is 1.33. The maximum Gasteiger partial charge on any atom is 0.269 e. The van der Waals surface area contributed by atoms with Gasteiger partial charge in [0, 0.05) is 5.56 Å². The molecule has 0 atom stereocenters. The first-order valence-electron chi connectivity index (χ1n) is 6.46. The van der Waals surface area contributed by atoms with Crippen molar-refractivity contribution in [1.29, 1.82) is 0 Å². The number of halogens is 2. The van der Waals surface area contributed by atoms with Crippen molar-refractivity contribution in [3.8, 4) is 5.75 Å². The van der Waals surface area contributed by atoms with E-state index in [1.807, 2.05) is 0 Å². The number of anilines is 1. The molecule has 3 N–H and O–H groups in total. The Hall–Kier alpha value is -2.74. The van der Waals surface area contributed by atoms with E-state index in [1.165, 1.54) is 37.4 Å². The largest absolute Gasteiger partial charge is 0.494 e. The maximum absolute atomic E-state index is 13.5. The highest BCUT2D eigenvalue weighted by molar-refractivity contribution is 7.80. The zero-order chi connectivity index (χ0) is 16.8. The molecule has 2 aromatic carbocycles. The molecule has 0 saturated carbocycles. The lowest BCUT2D eigenvalue weighted by Crippen LogP contribution is -2.43. The van der Waals surface area contributed by atoms with Gasteiger partial charge in [-0.2, -0.15) is 0 Å². The van der Waals surface area contributed by atoms with Gasteiger partial charge in [-0.25, -0.2) is 8.78 Å². The topological polar surface area (TPSA) is 62.4 Å². The number of carbonyl (C=O) groups excluding carboxylic acids is 1. The smallest absolute Gasteiger partial charge is 0.269 e. The number of carbonyl (C=O) groups is 1. The fourth-order valence-electron chi connectivity index (χ4n) is 1.71. The summed E-state index contributed by atoms with van der Waals surface area (Å²) in [4.78, 5) is 11.9. The third kappa shape index (κ3) is 4.36. The molecule has 0 fully saturated rings. The van der Waals surface area contributed by atoms with Crippen molar-refractivity contribution in [2.75, 3.05) is 12.4 Å². The molecule has 0 aliphatic heterocycles. The number of benzene rings is 2. The second-order valence-corrected chi connectivity index (χ2v) is 4.77. The molecule has 0 spiro atoms. The summed E-state index contributed by atoms with van der Waals surface area (Å²) in [5.41, 5.74) is 4.92. The van der Waals surface area contributed by atoms with E-state index in [0.717, 1.165) is 6.07 Å². The average molecular weight is 337 g/mol. The number of amides is 1. The molecule has 0 radical (unpaired) electrons. The molecular weight excluding hydrogens is 324 g/mol. The van der Waals surface area contributed by atoms with E-state index < -0.39 is 17.5 Å². The van der Waals surface area contributed by atoms with Crippen LogP contribution in [0.4, 0.5) is 14.5 Å². The number of hydrazine groups is 1. The summed E-state index contributed by atoms with van der Waals surface area (Å²) >= 11 is 4.93. The first-order chi connectivity index (χ1) is 11.0. The van der Waals surface area contributed by atoms with Crippen LogP contribution in [-0.2, 0) is 0 Å². The second-order valence-electron chi connectivity index (χ2n) is 4.36. The van der Waals surface area contributed by atoms with Crippen molar-refractivity contribution < 1.29 is 18.3 Å². The van der Waals surface area contributed by atoms with Gasteiger partial charge in [0.15, 0.2) is 16.7 Å². The molecule has 0 saturated heterocycles. The first-order valence-corrected chi connectivity index (χ1v) is 6.87. The fourth-order valence-corrected chi connectivity index (χ4v) is 1.87. The quantitative estimate of drug-likeness (QED) is 0.594. The molecule has 5 nitrogen and oxygen atoms in total. The molecule has 120 valence electrons. The Morgan fingerprint density at radius 1 is 1.09 bits per heavy atom. The Balaban J connectivity index is 1.92. The Labute approximate surface area is 136 Å². The minimum atomic E-state index is -0.660. The minimum Gasteiger partial charge on any atom is -0.494 e. The third-order valence-electron chi connectivity index (χ3n) is 2.83. The van der Waals surface area contributed by atoms with Crippen molar-refractivity contribution in [2.24, 2.45) is 0 Å².